The van der Waals surface area contributed by atoms with E-state index in [0.29, 0.717) is 5.69 Å². The highest BCUT2D eigenvalue weighted by Crippen LogP contribution is 2.26. The molecule has 3 N–H and O–H groups in total. The summed E-state index contributed by atoms with van der Waals surface area (Å²) in [6.45, 7) is 1.37. The highest BCUT2D eigenvalue weighted by molar-refractivity contribution is 5.30. The summed E-state index contributed by atoms with van der Waals surface area (Å²) < 4.78 is 25.2. The monoisotopic (exact) mass is 215 g/mol. The highest BCUT2D eigenvalue weighted by Gasteiger charge is 2.33. The second-order valence-corrected chi connectivity index (χ2v) is 4.46. The van der Waals surface area contributed by atoms with Gasteiger partial charge in [0.05, 0.1) is 11.2 Å². The van der Waals surface area contributed by atoms with Crippen molar-refractivity contribution in [3.05, 3.63) is 17.0 Å². The standard InChI is InChI=1S/C10H15F2N3/c1-10(13,9(11)12)5-8-6-3-2-4-7(6)14-15-8/h9H,2-5,13H2,1H3,(H,14,15). The summed E-state index contributed by atoms with van der Waals surface area (Å²) in [5.41, 5.74) is 6.97. The Hall–Kier alpha value is -0.970. The molecule has 2 rings (SSSR count). The van der Waals surface area contributed by atoms with Gasteiger partial charge in [-0.25, -0.2) is 8.78 Å². The summed E-state index contributed by atoms with van der Waals surface area (Å²) >= 11 is 0. The number of aromatic nitrogens is 2. The summed E-state index contributed by atoms with van der Waals surface area (Å²) in [6.07, 6.45) is 0.591. The number of nitrogens with two attached hydrogens (primary N) is 1. The van der Waals surface area contributed by atoms with Crippen molar-refractivity contribution in [1.82, 2.24) is 10.2 Å². The molecule has 0 bridgehead atoms. The molecule has 0 amide bonds. The summed E-state index contributed by atoms with van der Waals surface area (Å²) in [4.78, 5) is 0. The zero-order valence-electron chi connectivity index (χ0n) is 8.69. The van der Waals surface area contributed by atoms with Crippen LogP contribution in [0.15, 0.2) is 0 Å². The molecule has 0 fully saturated rings. The Balaban J connectivity index is 2.18. The summed E-state index contributed by atoms with van der Waals surface area (Å²) in [5.74, 6) is 0. The average Bonchev–Trinajstić information content (AvgIpc) is 2.69. The van der Waals surface area contributed by atoms with Crippen LogP contribution in [0.2, 0.25) is 0 Å². The van der Waals surface area contributed by atoms with Crippen LogP contribution in [-0.2, 0) is 19.3 Å². The van der Waals surface area contributed by atoms with Gasteiger partial charge < -0.3 is 5.73 Å². The number of rotatable bonds is 3. The van der Waals surface area contributed by atoms with E-state index in [1.807, 2.05) is 0 Å². The van der Waals surface area contributed by atoms with Crippen molar-refractivity contribution in [2.75, 3.05) is 0 Å². The summed E-state index contributed by atoms with van der Waals surface area (Å²) in [6, 6.07) is 0. The molecular formula is C10H15F2N3. The Labute approximate surface area is 87.0 Å². The van der Waals surface area contributed by atoms with Gasteiger partial charge in [-0.1, -0.05) is 0 Å². The quantitative estimate of drug-likeness (QED) is 0.801. The number of nitrogens with zero attached hydrogens (tertiary/aromatic N) is 1. The molecule has 1 atom stereocenters. The molecule has 1 aromatic heterocycles. The largest absolute Gasteiger partial charge is 0.320 e. The first kappa shape index (κ1) is 10.5. The molecule has 1 aromatic rings. The number of fused-ring (bicyclic) bond motifs is 1. The maximum Gasteiger partial charge on any atom is 0.256 e. The Kier molecular flexibility index (Phi) is 2.50. The molecule has 1 unspecified atom stereocenters. The minimum atomic E-state index is -2.52. The van der Waals surface area contributed by atoms with E-state index in [0.717, 1.165) is 30.5 Å². The van der Waals surface area contributed by atoms with Crippen LogP contribution in [0.5, 0.6) is 0 Å². The smallest absolute Gasteiger partial charge is 0.256 e. The van der Waals surface area contributed by atoms with E-state index in [2.05, 4.69) is 10.2 Å². The lowest BCUT2D eigenvalue weighted by atomic mass is 9.95. The van der Waals surface area contributed by atoms with Crippen molar-refractivity contribution in [1.29, 1.82) is 0 Å². The van der Waals surface area contributed by atoms with Crippen molar-refractivity contribution < 1.29 is 8.78 Å². The fourth-order valence-corrected chi connectivity index (χ4v) is 1.97. The van der Waals surface area contributed by atoms with Crippen LogP contribution in [-0.4, -0.2) is 22.2 Å². The van der Waals surface area contributed by atoms with E-state index in [-0.39, 0.29) is 6.42 Å². The molecule has 1 aliphatic rings. The Bertz CT molecular complexity index is 358. The zero-order chi connectivity index (χ0) is 11.1. The number of nitrogens with one attached hydrogen (secondary N) is 1. The minimum Gasteiger partial charge on any atom is -0.320 e. The highest BCUT2D eigenvalue weighted by atomic mass is 19.3. The molecule has 0 aliphatic heterocycles. The number of hydrogen-bond acceptors (Lipinski definition) is 2. The lowest BCUT2D eigenvalue weighted by molar-refractivity contribution is 0.0633. The van der Waals surface area contributed by atoms with Crippen molar-refractivity contribution in [3.8, 4) is 0 Å². The average molecular weight is 215 g/mol. The van der Waals surface area contributed by atoms with Crippen LogP contribution < -0.4 is 5.73 Å². The lowest BCUT2D eigenvalue weighted by Crippen LogP contribution is -2.46. The number of hydrogen-bond donors (Lipinski definition) is 2. The van der Waals surface area contributed by atoms with Gasteiger partial charge in [-0.3, -0.25) is 5.10 Å². The van der Waals surface area contributed by atoms with Crippen LogP contribution in [0.3, 0.4) is 0 Å². The molecular weight excluding hydrogens is 200 g/mol. The molecule has 5 heteroatoms. The predicted molar refractivity (Wildman–Crippen MR) is 52.9 cm³/mol. The molecule has 0 spiro atoms. The summed E-state index contributed by atoms with van der Waals surface area (Å²) in [5, 5.41) is 6.96. The third-order valence-electron chi connectivity index (χ3n) is 2.94. The predicted octanol–water partition coefficient (Wildman–Crippen LogP) is 1.42. The lowest BCUT2D eigenvalue weighted by Gasteiger charge is -2.22. The second-order valence-electron chi connectivity index (χ2n) is 4.46. The van der Waals surface area contributed by atoms with Gasteiger partial charge >= 0.3 is 0 Å². The molecule has 0 saturated carbocycles. The van der Waals surface area contributed by atoms with Gasteiger partial charge in [0.15, 0.2) is 0 Å². The molecule has 0 saturated heterocycles. The number of aromatic amines is 1. The molecule has 0 radical (unpaired) electrons. The topological polar surface area (TPSA) is 54.7 Å². The number of H-pyrrole nitrogens is 1. The van der Waals surface area contributed by atoms with Crippen LogP contribution in [0.25, 0.3) is 0 Å². The van der Waals surface area contributed by atoms with E-state index in [1.165, 1.54) is 6.92 Å². The van der Waals surface area contributed by atoms with Gasteiger partial charge in [0, 0.05) is 12.1 Å². The third-order valence-corrected chi connectivity index (χ3v) is 2.94. The molecule has 0 aromatic carbocycles. The third kappa shape index (κ3) is 1.88. The van der Waals surface area contributed by atoms with E-state index in [9.17, 15) is 8.78 Å². The van der Waals surface area contributed by atoms with Gasteiger partial charge in [-0.2, -0.15) is 5.10 Å². The minimum absolute atomic E-state index is 0.135. The van der Waals surface area contributed by atoms with Crippen LogP contribution >= 0.6 is 0 Å². The van der Waals surface area contributed by atoms with Crippen LogP contribution in [0, 0.1) is 0 Å². The first-order valence-electron chi connectivity index (χ1n) is 5.13. The molecule has 1 aliphatic carbocycles. The fraction of sp³-hybridized carbons (Fsp3) is 0.700. The Morgan fingerprint density at radius 2 is 2.27 bits per heavy atom. The van der Waals surface area contributed by atoms with E-state index >= 15 is 0 Å². The van der Waals surface area contributed by atoms with Crippen molar-refractivity contribution >= 4 is 0 Å². The second kappa shape index (κ2) is 3.56. The van der Waals surface area contributed by atoms with Gasteiger partial charge in [-0.05, 0) is 31.7 Å². The van der Waals surface area contributed by atoms with Crippen LogP contribution in [0.4, 0.5) is 8.78 Å². The van der Waals surface area contributed by atoms with Crippen molar-refractivity contribution in [2.45, 2.75) is 44.6 Å². The molecule has 3 nitrogen and oxygen atoms in total. The maximum absolute atomic E-state index is 12.6. The Morgan fingerprint density at radius 1 is 1.53 bits per heavy atom. The van der Waals surface area contributed by atoms with E-state index in [4.69, 9.17) is 5.73 Å². The number of halogens is 2. The zero-order valence-corrected chi connectivity index (χ0v) is 8.69. The van der Waals surface area contributed by atoms with E-state index < -0.39 is 12.0 Å². The molecule has 84 valence electrons. The van der Waals surface area contributed by atoms with Gasteiger partial charge in [0.1, 0.15) is 0 Å². The number of aryl methyl sites for hydroxylation is 1. The molecule has 15 heavy (non-hydrogen) atoms. The number of alkyl halides is 2. The van der Waals surface area contributed by atoms with Gasteiger partial charge in [0.2, 0.25) is 0 Å². The van der Waals surface area contributed by atoms with E-state index in [1.54, 1.807) is 0 Å². The molecule has 1 heterocycles. The van der Waals surface area contributed by atoms with Gasteiger partial charge in [0.25, 0.3) is 6.43 Å². The SMILES string of the molecule is CC(N)(Cc1n[nH]c2c1CCC2)C(F)F. The first-order valence-corrected chi connectivity index (χ1v) is 5.13. The summed E-state index contributed by atoms with van der Waals surface area (Å²) in [7, 11) is 0. The maximum atomic E-state index is 12.6. The van der Waals surface area contributed by atoms with Crippen LogP contribution in [0.1, 0.15) is 30.3 Å². The first-order chi connectivity index (χ1) is 7.00. The normalized spacial score (nSPS) is 19.3. The fourth-order valence-electron chi connectivity index (χ4n) is 1.97. The van der Waals surface area contributed by atoms with Crippen molar-refractivity contribution in [2.24, 2.45) is 5.73 Å². The van der Waals surface area contributed by atoms with Crippen molar-refractivity contribution in [3.63, 3.8) is 0 Å². The van der Waals surface area contributed by atoms with Gasteiger partial charge in [-0.15, -0.1) is 0 Å². The Morgan fingerprint density at radius 3 is 2.93 bits per heavy atom.